The van der Waals surface area contributed by atoms with Crippen molar-refractivity contribution in [3.05, 3.63) is 46.0 Å². The van der Waals surface area contributed by atoms with Crippen LogP contribution in [0.4, 0.5) is 10.5 Å². The van der Waals surface area contributed by atoms with Crippen LogP contribution in [-0.4, -0.2) is 59.5 Å². The van der Waals surface area contributed by atoms with E-state index in [1.807, 2.05) is 23.1 Å². The van der Waals surface area contributed by atoms with Crippen molar-refractivity contribution in [2.24, 2.45) is 0 Å². The summed E-state index contributed by atoms with van der Waals surface area (Å²) in [6, 6.07) is 7.17. The highest BCUT2D eigenvalue weighted by atomic mass is 16.6. The normalized spacial score (nSPS) is 20.0. The molecular weight excluding hydrogens is 320 g/mol. The zero-order valence-electron chi connectivity index (χ0n) is 14.3. The van der Waals surface area contributed by atoms with Crippen LogP contribution in [-0.2, 0) is 0 Å². The Balaban J connectivity index is 1.50. The molecule has 0 atom stereocenters. The Morgan fingerprint density at radius 3 is 2.72 bits per heavy atom. The van der Waals surface area contributed by atoms with Gasteiger partial charge >= 0.3 is 6.03 Å². The minimum absolute atomic E-state index is 0.0704. The van der Waals surface area contributed by atoms with Gasteiger partial charge < -0.3 is 10.2 Å². The molecular formula is C18H24N4O3. The van der Waals surface area contributed by atoms with Gasteiger partial charge in [0.15, 0.2) is 0 Å². The number of amides is 2. The van der Waals surface area contributed by atoms with E-state index in [4.69, 9.17) is 0 Å². The molecule has 1 aromatic rings. The molecule has 2 heterocycles. The summed E-state index contributed by atoms with van der Waals surface area (Å²) in [7, 11) is 0. The number of rotatable bonds is 5. The quantitative estimate of drug-likeness (QED) is 0.657. The van der Waals surface area contributed by atoms with Crippen LogP contribution >= 0.6 is 0 Å². The standard InChI is InChI=1S/C18H24N4O3/c23-18-19-10-4-12-21(18)16-8-13-20(14-9-16)11-3-6-15-5-1-2-7-17(15)22(24)25/h1-3,5-7,16H,4,8-14H2,(H,19,23)/b6-3+. The lowest BCUT2D eigenvalue weighted by Gasteiger charge is -2.40. The number of likely N-dealkylation sites (tertiary alicyclic amines) is 1. The first-order chi connectivity index (χ1) is 12.1. The van der Waals surface area contributed by atoms with E-state index in [0.29, 0.717) is 11.6 Å². The lowest BCUT2D eigenvalue weighted by atomic mass is 10.0. The summed E-state index contributed by atoms with van der Waals surface area (Å²) < 4.78 is 0. The molecule has 7 heteroatoms. The van der Waals surface area contributed by atoms with Crippen molar-refractivity contribution < 1.29 is 9.72 Å². The van der Waals surface area contributed by atoms with Gasteiger partial charge in [-0.05, 0) is 25.3 Å². The number of nitrogens with one attached hydrogen (secondary N) is 1. The Morgan fingerprint density at radius 2 is 2.00 bits per heavy atom. The van der Waals surface area contributed by atoms with E-state index in [1.54, 1.807) is 12.1 Å². The lowest BCUT2D eigenvalue weighted by molar-refractivity contribution is -0.385. The molecule has 0 unspecified atom stereocenters. The van der Waals surface area contributed by atoms with Gasteiger partial charge in [0, 0.05) is 44.8 Å². The molecule has 0 spiro atoms. The molecule has 0 bridgehead atoms. The SMILES string of the molecule is O=C1NCCCN1C1CCN(C/C=C/c2ccccc2[N+](=O)[O-])CC1. The summed E-state index contributed by atoms with van der Waals surface area (Å²) in [5.74, 6) is 0. The first-order valence-corrected chi connectivity index (χ1v) is 8.82. The number of carbonyl (C=O) groups is 1. The predicted octanol–water partition coefficient (Wildman–Crippen LogP) is 2.49. The van der Waals surface area contributed by atoms with Gasteiger partial charge in [-0.15, -0.1) is 0 Å². The number of urea groups is 1. The second-order valence-electron chi connectivity index (χ2n) is 6.53. The van der Waals surface area contributed by atoms with Crippen molar-refractivity contribution in [2.45, 2.75) is 25.3 Å². The highest BCUT2D eigenvalue weighted by Gasteiger charge is 2.28. The van der Waals surface area contributed by atoms with E-state index < -0.39 is 0 Å². The number of hydrogen-bond donors (Lipinski definition) is 1. The molecule has 1 aromatic carbocycles. The molecule has 0 aromatic heterocycles. The van der Waals surface area contributed by atoms with Crippen LogP contribution < -0.4 is 5.32 Å². The van der Waals surface area contributed by atoms with E-state index in [0.717, 1.165) is 52.0 Å². The van der Waals surface area contributed by atoms with Crippen LogP contribution in [0.5, 0.6) is 0 Å². The zero-order chi connectivity index (χ0) is 17.6. The largest absolute Gasteiger partial charge is 0.338 e. The second-order valence-corrected chi connectivity index (χ2v) is 6.53. The van der Waals surface area contributed by atoms with Crippen LogP contribution in [0, 0.1) is 10.1 Å². The van der Waals surface area contributed by atoms with Crippen LogP contribution in [0.3, 0.4) is 0 Å². The maximum absolute atomic E-state index is 11.9. The van der Waals surface area contributed by atoms with Crippen molar-refractivity contribution in [3.63, 3.8) is 0 Å². The first kappa shape index (κ1) is 17.4. The fourth-order valence-corrected chi connectivity index (χ4v) is 3.53. The highest BCUT2D eigenvalue weighted by molar-refractivity contribution is 5.75. The van der Waals surface area contributed by atoms with Crippen LogP contribution in [0.2, 0.25) is 0 Å². The van der Waals surface area contributed by atoms with E-state index in [1.165, 1.54) is 6.07 Å². The molecule has 2 fully saturated rings. The lowest BCUT2D eigenvalue weighted by Crippen LogP contribution is -2.54. The van der Waals surface area contributed by atoms with Gasteiger partial charge in [-0.3, -0.25) is 15.0 Å². The fourth-order valence-electron chi connectivity index (χ4n) is 3.53. The van der Waals surface area contributed by atoms with Crippen molar-refractivity contribution in [1.82, 2.24) is 15.1 Å². The Labute approximate surface area is 147 Å². The van der Waals surface area contributed by atoms with Gasteiger partial charge in [0.05, 0.1) is 10.5 Å². The van der Waals surface area contributed by atoms with Gasteiger partial charge in [-0.25, -0.2) is 4.79 Å². The van der Waals surface area contributed by atoms with Gasteiger partial charge in [0.2, 0.25) is 0 Å². The Morgan fingerprint density at radius 1 is 1.24 bits per heavy atom. The summed E-state index contributed by atoms with van der Waals surface area (Å²) >= 11 is 0. The molecule has 2 aliphatic heterocycles. The molecule has 134 valence electrons. The monoisotopic (exact) mass is 344 g/mol. The van der Waals surface area contributed by atoms with Gasteiger partial charge in [-0.1, -0.05) is 24.3 Å². The molecule has 1 N–H and O–H groups in total. The van der Waals surface area contributed by atoms with Crippen molar-refractivity contribution in [2.75, 3.05) is 32.7 Å². The maximum Gasteiger partial charge on any atom is 0.317 e. The minimum atomic E-state index is -0.352. The van der Waals surface area contributed by atoms with E-state index in [2.05, 4.69) is 10.2 Å². The molecule has 25 heavy (non-hydrogen) atoms. The third-order valence-electron chi connectivity index (χ3n) is 4.91. The average molecular weight is 344 g/mol. The molecule has 7 nitrogen and oxygen atoms in total. The minimum Gasteiger partial charge on any atom is -0.338 e. The molecule has 3 rings (SSSR count). The van der Waals surface area contributed by atoms with Gasteiger partial charge in [0.1, 0.15) is 0 Å². The number of para-hydroxylation sites is 1. The number of nitro benzene ring substituents is 1. The second kappa shape index (κ2) is 8.11. The molecule has 0 saturated carbocycles. The maximum atomic E-state index is 11.9. The Kier molecular flexibility index (Phi) is 5.65. The van der Waals surface area contributed by atoms with E-state index >= 15 is 0 Å². The number of hydrogen-bond acceptors (Lipinski definition) is 4. The number of nitrogens with zero attached hydrogens (tertiary/aromatic N) is 3. The summed E-state index contributed by atoms with van der Waals surface area (Å²) in [5.41, 5.74) is 0.765. The topological polar surface area (TPSA) is 78.7 Å². The van der Waals surface area contributed by atoms with E-state index in [9.17, 15) is 14.9 Å². The summed E-state index contributed by atoms with van der Waals surface area (Å²) in [4.78, 5) is 26.9. The third kappa shape index (κ3) is 4.36. The van der Waals surface area contributed by atoms with E-state index in [-0.39, 0.29) is 16.6 Å². The van der Waals surface area contributed by atoms with Gasteiger partial charge in [-0.2, -0.15) is 0 Å². The molecule has 0 radical (unpaired) electrons. The van der Waals surface area contributed by atoms with Crippen LogP contribution in [0.25, 0.3) is 6.08 Å². The first-order valence-electron chi connectivity index (χ1n) is 8.82. The molecule has 2 aliphatic rings. The van der Waals surface area contributed by atoms with Crippen molar-refractivity contribution in [3.8, 4) is 0 Å². The van der Waals surface area contributed by atoms with Crippen molar-refractivity contribution >= 4 is 17.8 Å². The molecule has 2 amide bonds. The third-order valence-corrected chi connectivity index (χ3v) is 4.91. The Hall–Kier alpha value is -2.41. The molecule has 2 saturated heterocycles. The summed E-state index contributed by atoms with van der Waals surface area (Å²) in [5, 5.41) is 13.9. The summed E-state index contributed by atoms with van der Waals surface area (Å²) in [6.07, 6.45) is 6.78. The molecule has 0 aliphatic carbocycles. The van der Waals surface area contributed by atoms with Gasteiger partial charge in [0.25, 0.3) is 5.69 Å². The summed E-state index contributed by atoms with van der Waals surface area (Å²) in [6.45, 7) is 4.29. The average Bonchev–Trinajstić information content (AvgIpc) is 2.63. The number of nitro groups is 1. The van der Waals surface area contributed by atoms with Crippen LogP contribution in [0.15, 0.2) is 30.3 Å². The fraction of sp³-hybridized carbons (Fsp3) is 0.500. The van der Waals surface area contributed by atoms with Crippen molar-refractivity contribution in [1.29, 1.82) is 0 Å². The van der Waals surface area contributed by atoms with Crippen LogP contribution in [0.1, 0.15) is 24.8 Å². The number of carbonyl (C=O) groups excluding carboxylic acids is 1. The number of benzene rings is 1. The smallest absolute Gasteiger partial charge is 0.317 e. The number of piperidine rings is 1. The Bertz CT molecular complexity index is 653. The predicted molar refractivity (Wildman–Crippen MR) is 96.3 cm³/mol. The zero-order valence-corrected chi connectivity index (χ0v) is 14.3. The highest BCUT2D eigenvalue weighted by Crippen LogP contribution is 2.20.